The van der Waals surface area contributed by atoms with Crippen molar-refractivity contribution in [2.24, 2.45) is 0 Å². The van der Waals surface area contributed by atoms with E-state index in [-0.39, 0.29) is 5.91 Å². The van der Waals surface area contributed by atoms with Gasteiger partial charge < -0.3 is 20.9 Å². The number of rotatable bonds is 13. The molecule has 3 rings (SSSR count). The molecule has 0 aliphatic rings. The van der Waals surface area contributed by atoms with Crippen molar-refractivity contribution in [2.45, 2.75) is 32.1 Å². The molecule has 0 saturated heterocycles. The number of unbranched alkanes of at least 4 members (excludes halogenated alkanes) is 1. The number of aromatic nitrogens is 3. The van der Waals surface area contributed by atoms with E-state index >= 15 is 0 Å². The Kier molecular flexibility index (Phi) is 8.93. The summed E-state index contributed by atoms with van der Waals surface area (Å²) in [6, 6.07) is 7.78. The van der Waals surface area contributed by atoms with Crippen LogP contribution in [0.2, 0.25) is 5.02 Å². The number of imidazole rings is 1. The number of fused-ring (bicyclic) bond motifs is 1. The van der Waals surface area contributed by atoms with Gasteiger partial charge in [0.25, 0.3) is 0 Å². The Balaban J connectivity index is 1.18. The van der Waals surface area contributed by atoms with Crippen LogP contribution < -0.4 is 16.0 Å². The summed E-state index contributed by atoms with van der Waals surface area (Å²) in [5.41, 5.74) is 2.98. The lowest BCUT2D eigenvalue weighted by molar-refractivity contribution is -0.121. The molecule has 160 valence electrons. The summed E-state index contributed by atoms with van der Waals surface area (Å²) in [5.74, 6) is 0.0848. The molecule has 0 fully saturated rings. The number of amides is 1. The fourth-order valence-electron chi connectivity index (χ4n) is 3.20. The Morgan fingerprint density at radius 1 is 1.07 bits per heavy atom. The van der Waals surface area contributed by atoms with Crippen LogP contribution in [0.3, 0.4) is 0 Å². The molecule has 0 radical (unpaired) electrons. The maximum Gasteiger partial charge on any atom is 0.220 e. The molecule has 8 heteroatoms. The predicted molar refractivity (Wildman–Crippen MR) is 122 cm³/mol. The largest absolute Gasteiger partial charge is 0.384 e. The molecule has 4 N–H and O–H groups in total. The van der Waals surface area contributed by atoms with Gasteiger partial charge in [0.2, 0.25) is 5.91 Å². The average molecular weight is 429 g/mol. The molecule has 7 nitrogen and oxygen atoms in total. The molecule has 2 aromatic heterocycles. The van der Waals surface area contributed by atoms with Crippen LogP contribution in [0.1, 0.15) is 31.4 Å². The fraction of sp³-hybridized carbons (Fsp3) is 0.409. The monoisotopic (exact) mass is 428 g/mol. The standard InChI is InChI=1S/C22H29ClN6O/c23-17-4-6-19-20(8-13-27-21(19)14-17)26-11-2-1-9-24-10-3-12-28-22(30)7-5-18-15-25-16-29-18/h4,6,8,13-16,24H,1-3,5,7,9-12H2,(H,25,29)(H,26,27)(H,28,30). The number of anilines is 1. The van der Waals surface area contributed by atoms with Gasteiger partial charge in [-0.2, -0.15) is 0 Å². The summed E-state index contributed by atoms with van der Waals surface area (Å²) >= 11 is 6.04. The summed E-state index contributed by atoms with van der Waals surface area (Å²) in [6.45, 7) is 3.50. The molecule has 0 aliphatic carbocycles. The van der Waals surface area contributed by atoms with Crippen LogP contribution in [-0.4, -0.2) is 47.0 Å². The second-order valence-corrected chi connectivity index (χ2v) is 7.62. The number of nitrogens with zero attached hydrogens (tertiary/aromatic N) is 2. The van der Waals surface area contributed by atoms with Gasteiger partial charge in [0, 0.05) is 53.7 Å². The molecule has 0 spiro atoms. The van der Waals surface area contributed by atoms with Crippen molar-refractivity contribution in [1.29, 1.82) is 0 Å². The number of hydrogen-bond donors (Lipinski definition) is 4. The van der Waals surface area contributed by atoms with E-state index in [9.17, 15) is 4.79 Å². The van der Waals surface area contributed by atoms with Crippen molar-refractivity contribution in [3.63, 3.8) is 0 Å². The van der Waals surface area contributed by atoms with Gasteiger partial charge in [-0.15, -0.1) is 0 Å². The van der Waals surface area contributed by atoms with E-state index < -0.39 is 0 Å². The number of benzene rings is 1. The van der Waals surface area contributed by atoms with Crippen molar-refractivity contribution >= 4 is 34.1 Å². The van der Waals surface area contributed by atoms with Gasteiger partial charge in [-0.1, -0.05) is 11.6 Å². The Morgan fingerprint density at radius 2 is 1.93 bits per heavy atom. The van der Waals surface area contributed by atoms with Crippen LogP contribution in [0.25, 0.3) is 10.9 Å². The number of carbonyl (C=O) groups excluding carboxylic acids is 1. The van der Waals surface area contributed by atoms with Crippen molar-refractivity contribution < 1.29 is 4.79 Å². The van der Waals surface area contributed by atoms with Gasteiger partial charge in [-0.25, -0.2) is 4.98 Å². The quantitative estimate of drug-likeness (QED) is 0.312. The molecular formula is C22H29ClN6O. The SMILES string of the molecule is O=C(CCc1cnc[nH]1)NCCCNCCCCNc1ccnc2cc(Cl)ccc12. The zero-order chi connectivity index (χ0) is 21.0. The molecule has 0 atom stereocenters. The summed E-state index contributed by atoms with van der Waals surface area (Å²) < 4.78 is 0. The highest BCUT2D eigenvalue weighted by Gasteiger charge is 2.03. The third-order valence-electron chi connectivity index (χ3n) is 4.83. The minimum absolute atomic E-state index is 0.0848. The molecule has 1 aromatic carbocycles. The zero-order valence-electron chi connectivity index (χ0n) is 17.1. The summed E-state index contributed by atoms with van der Waals surface area (Å²) in [6.07, 6.45) is 9.48. The molecule has 0 saturated carbocycles. The molecular weight excluding hydrogens is 400 g/mol. The molecule has 3 aromatic rings. The Bertz CT molecular complexity index is 915. The zero-order valence-corrected chi connectivity index (χ0v) is 17.8. The summed E-state index contributed by atoms with van der Waals surface area (Å²) in [5, 5.41) is 11.7. The first kappa shape index (κ1) is 22.1. The Labute approximate surface area is 182 Å². The second kappa shape index (κ2) is 12.1. The number of halogens is 1. The minimum atomic E-state index is 0.0848. The highest BCUT2D eigenvalue weighted by molar-refractivity contribution is 6.31. The van der Waals surface area contributed by atoms with E-state index in [2.05, 4.69) is 30.9 Å². The van der Waals surface area contributed by atoms with E-state index in [0.717, 1.165) is 61.2 Å². The number of pyridine rings is 1. The molecule has 0 bridgehead atoms. The van der Waals surface area contributed by atoms with Gasteiger partial charge in [-0.05, 0) is 63.0 Å². The topological polar surface area (TPSA) is 94.7 Å². The number of aromatic amines is 1. The number of hydrogen-bond acceptors (Lipinski definition) is 5. The summed E-state index contributed by atoms with van der Waals surface area (Å²) in [4.78, 5) is 23.1. The maximum absolute atomic E-state index is 11.8. The summed E-state index contributed by atoms with van der Waals surface area (Å²) in [7, 11) is 0. The van der Waals surface area contributed by atoms with Crippen LogP contribution in [0, 0.1) is 0 Å². The molecule has 2 heterocycles. The van der Waals surface area contributed by atoms with Crippen LogP contribution in [0.15, 0.2) is 43.0 Å². The first-order valence-electron chi connectivity index (χ1n) is 10.5. The van der Waals surface area contributed by atoms with Crippen molar-refractivity contribution in [3.8, 4) is 0 Å². The van der Waals surface area contributed by atoms with E-state index in [0.29, 0.717) is 24.4 Å². The molecule has 30 heavy (non-hydrogen) atoms. The van der Waals surface area contributed by atoms with Gasteiger partial charge in [-0.3, -0.25) is 9.78 Å². The van der Waals surface area contributed by atoms with Gasteiger partial charge in [0.15, 0.2) is 0 Å². The van der Waals surface area contributed by atoms with Gasteiger partial charge in [0.05, 0.1) is 11.8 Å². The third kappa shape index (κ3) is 7.31. The lowest BCUT2D eigenvalue weighted by Crippen LogP contribution is -2.27. The van der Waals surface area contributed by atoms with E-state index in [1.165, 1.54) is 0 Å². The van der Waals surface area contributed by atoms with E-state index in [4.69, 9.17) is 11.6 Å². The molecule has 0 unspecified atom stereocenters. The molecule has 0 aliphatic heterocycles. The number of H-pyrrole nitrogens is 1. The minimum Gasteiger partial charge on any atom is -0.384 e. The normalized spacial score (nSPS) is 11.0. The fourth-order valence-corrected chi connectivity index (χ4v) is 3.36. The smallest absolute Gasteiger partial charge is 0.220 e. The number of carbonyl (C=O) groups is 1. The van der Waals surface area contributed by atoms with E-state index in [1.54, 1.807) is 18.7 Å². The van der Waals surface area contributed by atoms with Crippen LogP contribution in [0.4, 0.5) is 5.69 Å². The van der Waals surface area contributed by atoms with E-state index in [1.807, 2.05) is 24.3 Å². The lowest BCUT2D eigenvalue weighted by atomic mass is 10.2. The highest BCUT2D eigenvalue weighted by atomic mass is 35.5. The van der Waals surface area contributed by atoms with Gasteiger partial charge in [0.1, 0.15) is 0 Å². The first-order valence-corrected chi connectivity index (χ1v) is 10.8. The second-order valence-electron chi connectivity index (χ2n) is 7.18. The number of nitrogens with one attached hydrogen (secondary N) is 4. The average Bonchev–Trinajstić information content (AvgIpc) is 3.27. The Morgan fingerprint density at radius 3 is 2.80 bits per heavy atom. The van der Waals surface area contributed by atoms with Gasteiger partial charge >= 0.3 is 0 Å². The highest BCUT2D eigenvalue weighted by Crippen LogP contribution is 2.24. The van der Waals surface area contributed by atoms with Crippen molar-refractivity contribution in [2.75, 3.05) is 31.5 Å². The maximum atomic E-state index is 11.8. The Hall–Kier alpha value is -2.64. The lowest BCUT2D eigenvalue weighted by Gasteiger charge is -2.10. The predicted octanol–water partition coefficient (Wildman–Crippen LogP) is 3.53. The van der Waals surface area contributed by atoms with Crippen LogP contribution in [0.5, 0.6) is 0 Å². The molecule has 1 amide bonds. The van der Waals surface area contributed by atoms with Crippen molar-refractivity contribution in [1.82, 2.24) is 25.6 Å². The van der Waals surface area contributed by atoms with Crippen LogP contribution in [-0.2, 0) is 11.2 Å². The first-order chi connectivity index (χ1) is 14.7. The third-order valence-corrected chi connectivity index (χ3v) is 5.06. The number of aryl methyl sites for hydroxylation is 1. The van der Waals surface area contributed by atoms with Crippen molar-refractivity contribution in [3.05, 3.63) is 53.7 Å². The van der Waals surface area contributed by atoms with Crippen LogP contribution >= 0.6 is 11.6 Å².